The second-order valence-corrected chi connectivity index (χ2v) is 5.80. The highest BCUT2D eigenvalue weighted by Gasteiger charge is 2.08. The molecule has 0 aliphatic heterocycles. The normalized spacial score (nSPS) is 10.3. The molecule has 98 valence electrons. The SMILES string of the molecule is Cc1ccc(Oc2ccc(C(=N)N)cc2Br)c(Br)c1. The van der Waals surface area contributed by atoms with E-state index in [0.29, 0.717) is 11.3 Å². The maximum absolute atomic E-state index is 7.39. The molecular weight excluding hydrogens is 372 g/mol. The van der Waals surface area contributed by atoms with Crippen LogP contribution in [0.25, 0.3) is 0 Å². The Morgan fingerprint density at radius 1 is 1.05 bits per heavy atom. The second-order valence-electron chi connectivity index (χ2n) is 4.09. The molecular formula is C14H12Br2N2O. The zero-order valence-electron chi connectivity index (χ0n) is 10.2. The predicted octanol–water partition coefficient (Wildman–Crippen LogP) is 4.60. The quantitative estimate of drug-likeness (QED) is 0.601. The maximum atomic E-state index is 7.39. The molecule has 5 heteroatoms. The zero-order valence-corrected chi connectivity index (χ0v) is 13.4. The van der Waals surface area contributed by atoms with Crippen molar-refractivity contribution in [2.24, 2.45) is 5.73 Å². The Hall–Kier alpha value is -1.33. The average molecular weight is 384 g/mol. The fraction of sp³-hybridized carbons (Fsp3) is 0.0714. The summed E-state index contributed by atoms with van der Waals surface area (Å²) in [4.78, 5) is 0. The Morgan fingerprint density at radius 2 is 1.63 bits per heavy atom. The van der Waals surface area contributed by atoms with E-state index in [1.807, 2.05) is 25.1 Å². The van der Waals surface area contributed by atoms with Crippen molar-refractivity contribution in [3.8, 4) is 11.5 Å². The van der Waals surface area contributed by atoms with Gasteiger partial charge in [0.15, 0.2) is 0 Å². The van der Waals surface area contributed by atoms with Crippen LogP contribution in [0.1, 0.15) is 11.1 Å². The van der Waals surface area contributed by atoms with Crippen LogP contribution in [0.4, 0.5) is 0 Å². The number of nitrogens with one attached hydrogen (secondary N) is 1. The van der Waals surface area contributed by atoms with Gasteiger partial charge in [0.05, 0.1) is 8.95 Å². The van der Waals surface area contributed by atoms with Gasteiger partial charge in [-0.3, -0.25) is 5.41 Å². The number of hydrogen-bond donors (Lipinski definition) is 2. The Morgan fingerprint density at radius 3 is 2.16 bits per heavy atom. The van der Waals surface area contributed by atoms with E-state index in [-0.39, 0.29) is 5.84 Å². The molecule has 19 heavy (non-hydrogen) atoms. The van der Waals surface area contributed by atoms with E-state index >= 15 is 0 Å². The molecule has 0 saturated heterocycles. The maximum Gasteiger partial charge on any atom is 0.141 e. The lowest BCUT2D eigenvalue weighted by Crippen LogP contribution is -2.10. The minimum Gasteiger partial charge on any atom is -0.455 e. The van der Waals surface area contributed by atoms with E-state index in [2.05, 4.69) is 31.9 Å². The van der Waals surface area contributed by atoms with E-state index in [4.69, 9.17) is 15.9 Å². The molecule has 0 unspecified atom stereocenters. The van der Waals surface area contributed by atoms with E-state index in [0.717, 1.165) is 20.3 Å². The minimum absolute atomic E-state index is 0.0313. The van der Waals surface area contributed by atoms with Gasteiger partial charge in [0, 0.05) is 5.56 Å². The monoisotopic (exact) mass is 382 g/mol. The fourth-order valence-corrected chi connectivity index (χ4v) is 2.59. The van der Waals surface area contributed by atoms with Crippen LogP contribution in [0.5, 0.6) is 11.5 Å². The molecule has 2 aromatic rings. The first-order valence-corrected chi connectivity index (χ1v) is 7.14. The lowest BCUT2D eigenvalue weighted by molar-refractivity contribution is 0.476. The van der Waals surface area contributed by atoms with Crippen LogP contribution in [-0.2, 0) is 0 Å². The van der Waals surface area contributed by atoms with Crippen molar-refractivity contribution in [1.82, 2.24) is 0 Å². The van der Waals surface area contributed by atoms with E-state index in [1.54, 1.807) is 18.2 Å². The van der Waals surface area contributed by atoms with Gasteiger partial charge in [-0.1, -0.05) is 6.07 Å². The molecule has 0 amide bonds. The third-order valence-corrected chi connectivity index (χ3v) is 3.79. The number of benzene rings is 2. The Balaban J connectivity index is 2.31. The summed E-state index contributed by atoms with van der Waals surface area (Å²) >= 11 is 6.89. The molecule has 0 spiro atoms. The van der Waals surface area contributed by atoms with Crippen LogP contribution >= 0.6 is 31.9 Å². The van der Waals surface area contributed by atoms with E-state index in [9.17, 15) is 0 Å². The van der Waals surface area contributed by atoms with Crippen LogP contribution in [0.3, 0.4) is 0 Å². The largest absolute Gasteiger partial charge is 0.455 e. The van der Waals surface area contributed by atoms with Crippen molar-refractivity contribution in [2.45, 2.75) is 6.92 Å². The third-order valence-electron chi connectivity index (χ3n) is 2.55. The topological polar surface area (TPSA) is 59.1 Å². The second kappa shape index (κ2) is 5.75. The smallest absolute Gasteiger partial charge is 0.141 e. The van der Waals surface area contributed by atoms with Gasteiger partial charge in [0.2, 0.25) is 0 Å². The highest BCUT2D eigenvalue weighted by molar-refractivity contribution is 9.11. The summed E-state index contributed by atoms with van der Waals surface area (Å²) in [6, 6.07) is 11.2. The Kier molecular flexibility index (Phi) is 4.27. The molecule has 3 nitrogen and oxygen atoms in total. The average Bonchev–Trinajstić information content (AvgIpc) is 2.34. The van der Waals surface area contributed by atoms with Crippen LogP contribution < -0.4 is 10.5 Å². The highest BCUT2D eigenvalue weighted by atomic mass is 79.9. The van der Waals surface area contributed by atoms with Crippen LogP contribution in [0.15, 0.2) is 45.3 Å². The summed E-state index contributed by atoms with van der Waals surface area (Å²) in [6.45, 7) is 2.02. The molecule has 0 saturated carbocycles. The number of nitrogens with two attached hydrogens (primary N) is 1. The number of amidine groups is 1. The van der Waals surface area contributed by atoms with Gasteiger partial charge in [0.1, 0.15) is 17.3 Å². The van der Waals surface area contributed by atoms with Crippen molar-refractivity contribution in [1.29, 1.82) is 5.41 Å². The van der Waals surface area contributed by atoms with Gasteiger partial charge >= 0.3 is 0 Å². The van der Waals surface area contributed by atoms with Gasteiger partial charge in [-0.05, 0) is 74.7 Å². The number of hydrogen-bond acceptors (Lipinski definition) is 2. The van der Waals surface area contributed by atoms with Gasteiger partial charge < -0.3 is 10.5 Å². The molecule has 0 atom stereocenters. The Labute approximate surface area is 128 Å². The molecule has 0 radical (unpaired) electrons. The first-order valence-electron chi connectivity index (χ1n) is 5.55. The number of halogens is 2. The van der Waals surface area contributed by atoms with Gasteiger partial charge in [-0.25, -0.2) is 0 Å². The molecule has 0 bridgehead atoms. The predicted molar refractivity (Wildman–Crippen MR) is 84.1 cm³/mol. The summed E-state index contributed by atoms with van der Waals surface area (Å²) in [5.74, 6) is 1.44. The number of nitrogen functional groups attached to an aromatic ring is 1. The number of rotatable bonds is 3. The van der Waals surface area contributed by atoms with Crippen LogP contribution in [0.2, 0.25) is 0 Å². The van der Waals surface area contributed by atoms with Crippen LogP contribution in [0, 0.1) is 12.3 Å². The summed E-state index contributed by atoms with van der Waals surface area (Å²) in [5.41, 5.74) is 7.25. The van der Waals surface area contributed by atoms with Gasteiger partial charge in [-0.2, -0.15) is 0 Å². The lowest BCUT2D eigenvalue weighted by Gasteiger charge is -2.11. The Bertz CT molecular complexity index is 641. The van der Waals surface area contributed by atoms with Crippen molar-refractivity contribution < 1.29 is 4.74 Å². The zero-order chi connectivity index (χ0) is 14.0. The fourth-order valence-electron chi connectivity index (χ4n) is 1.56. The highest BCUT2D eigenvalue weighted by Crippen LogP contribution is 2.34. The molecule has 0 aromatic heterocycles. The molecule has 2 rings (SSSR count). The van der Waals surface area contributed by atoms with E-state index in [1.165, 1.54) is 0 Å². The minimum atomic E-state index is 0.0313. The first kappa shape index (κ1) is 14.1. The summed E-state index contributed by atoms with van der Waals surface area (Å²) in [5, 5.41) is 7.39. The van der Waals surface area contributed by atoms with Crippen molar-refractivity contribution >= 4 is 37.7 Å². The number of aryl methyl sites for hydroxylation is 1. The summed E-state index contributed by atoms with van der Waals surface area (Å²) in [6.07, 6.45) is 0. The summed E-state index contributed by atoms with van der Waals surface area (Å²) < 4.78 is 7.48. The lowest BCUT2D eigenvalue weighted by atomic mass is 10.2. The molecule has 0 aliphatic carbocycles. The molecule has 0 aliphatic rings. The molecule has 3 N–H and O–H groups in total. The number of ether oxygens (including phenoxy) is 1. The summed E-state index contributed by atoms with van der Waals surface area (Å²) in [7, 11) is 0. The first-order chi connectivity index (χ1) is 8.97. The molecule has 2 aromatic carbocycles. The standard InChI is InChI=1S/C14H12Br2N2O/c1-8-2-4-12(10(15)6-8)19-13-5-3-9(14(17)18)7-11(13)16/h2-7H,1H3,(H3,17,18). The van der Waals surface area contributed by atoms with E-state index < -0.39 is 0 Å². The molecule has 0 heterocycles. The molecule has 0 fully saturated rings. The van der Waals surface area contributed by atoms with Crippen molar-refractivity contribution in [3.05, 3.63) is 56.5 Å². The van der Waals surface area contributed by atoms with Crippen LogP contribution in [-0.4, -0.2) is 5.84 Å². The van der Waals surface area contributed by atoms with Crippen molar-refractivity contribution in [2.75, 3.05) is 0 Å². The van der Waals surface area contributed by atoms with Crippen molar-refractivity contribution in [3.63, 3.8) is 0 Å². The third kappa shape index (κ3) is 3.36. The van der Waals surface area contributed by atoms with Gasteiger partial charge in [-0.15, -0.1) is 0 Å². The van der Waals surface area contributed by atoms with Gasteiger partial charge in [0.25, 0.3) is 0 Å².